The fourth-order valence-electron chi connectivity index (χ4n) is 3.71. The Kier molecular flexibility index (Phi) is 5.44. The molecule has 1 amide bonds. The summed E-state index contributed by atoms with van der Waals surface area (Å²) in [7, 11) is 0. The van der Waals surface area contributed by atoms with Crippen LogP contribution in [-0.4, -0.2) is 45.2 Å². The third-order valence-corrected chi connectivity index (χ3v) is 5.99. The van der Waals surface area contributed by atoms with Gasteiger partial charge in [-0.1, -0.05) is 23.7 Å². The molecule has 2 fully saturated rings. The number of likely N-dealkylation sites (tertiary alicyclic amines) is 1. The molecule has 0 N–H and O–H groups in total. The number of nitrogens with zero attached hydrogens (tertiary/aromatic N) is 4. The Hall–Kier alpha value is -3.20. The molecule has 1 aliphatic carbocycles. The monoisotopic (exact) mass is 474 g/mol. The van der Waals surface area contributed by atoms with Crippen molar-refractivity contribution in [1.82, 2.24) is 20.1 Å². The van der Waals surface area contributed by atoms with Gasteiger partial charge < -0.3 is 9.64 Å². The second-order valence-electron chi connectivity index (χ2n) is 8.13. The van der Waals surface area contributed by atoms with E-state index in [0.717, 1.165) is 25.0 Å². The Labute approximate surface area is 192 Å². The molecule has 0 unspecified atom stereocenters. The van der Waals surface area contributed by atoms with Crippen LogP contribution in [0.4, 0.5) is 13.2 Å². The molecule has 3 aromatic rings. The van der Waals surface area contributed by atoms with E-state index in [9.17, 15) is 18.0 Å². The van der Waals surface area contributed by atoms with Crippen molar-refractivity contribution in [3.8, 4) is 28.3 Å². The van der Waals surface area contributed by atoms with Gasteiger partial charge in [-0.25, -0.2) is 0 Å². The Morgan fingerprint density at radius 2 is 1.79 bits per heavy atom. The molecule has 170 valence electrons. The second-order valence-corrected chi connectivity index (χ2v) is 8.54. The molecule has 2 aliphatic rings. The Balaban J connectivity index is 1.43. The number of aromatic nitrogens is 3. The number of benzene rings is 1. The minimum absolute atomic E-state index is 0.161. The summed E-state index contributed by atoms with van der Waals surface area (Å²) in [5, 5.41) is 8.73. The third kappa shape index (κ3) is 4.50. The van der Waals surface area contributed by atoms with E-state index in [-0.39, 0.29) is 23.8 Å². The molecule has 3 heterocycles. The zero-order valence-corrected chi connectivity index (χ0v) is 18.0. The molecule has 33 heavy (non-hydrogen) atoms. The van der Waals surface area contributed by atoms with E-state index >= 15 is 0 Å². The van der Waals surface area contributed by atoms with E-state index in [0.29, 0.717) is 40.5 Å². The fourth-order valence-corrected chi connectivity index (χ4v) is 3.93. The third-order valence-electron chi connectivity index (χ3n) is 5.69. The van der Waals surface area contributed by atoms with Crippen molar-refractivity contribution in [2.45, 2.75) is 25.1 Å². The number of alkyl halides is 3. The first-order valence-electron chi connectivity index (χ1n) is 10.4. The summed E-state index contributed by atoms with van der Waals surface area (Å²) in [6.07, 6.45) is 0.311. The molecule has 5 rings (SSSR count). The van der Waals surface area contributed by atoms with Crippen LogP contribution in [0.3, 0.4) is 0 Å². The number of hydrogen-bond donors (Lipinski definition) is 0. The predicted octanol–water partition coefficient (Wildman–Crippen LogP) is 4.88. The van der Waals surface area contributed by atoms with Crippen molar-refractivity contribution in [2.75, 3.05) is 13.1 Å². The molecule has 2 aromatic heterocycles. The van der Waals surface area contributed by atoms with Crippen molar-refractivity contribution in [3.63, 3.8) is 0 Å². The molecular formula is C23H18ClF3N4O2. The maximum absolute atomic E-state index is 13.0. The number of carbonyl (C=O) groups is 1. The number of carbonyl (C=O) groups excluding carboxylic acids is 1. The first-order valence-corrected chi connectivity index (χ1v) is 10.8. The molecular weight excluding hydrogens is 457 g/mol. The SMILES string of the molecule is O=C(C1CC1)N1CC(Oc2cc(-c3ccncc3Cl)c(-c3ccc(C(F)(F)F)cc3)nn2)C1. The smallest absolute Gasteiger partial charge is 0.416 e. The standard InChI is InChI=1S/C23H18ClF3N4O2/c24-19-10-28-8-7-17(19)18-9-20(33-16-11-31(12-16)22(32)14-1-2-14)29-30-21(18)13-3-5-15(6-4-13)23(25,26)27/h3-10,14,16H,1-2,11-12H2. The minimum atomic E-state index is -4.43. The quantitative estimate of drug-likeness (QED) is 0.527. The van der Waals surface area contributed by atoms with Crippen LogP contribution in [0, 0.1) is 5.92 Å². The van der Waals surface area contributed by atoms with Crippen LogP contribution < -0.4 is 4.74 Å². The van der Waals surface area contributed by atoms with Gasteiger partial charge in [-0.3, -0.25) is 9.78 Å². The lowest BCUT2D eigenvalue weighted by atomic mass is 10.00. The topological polar surface area (TPSA) is 68.2 Å². The Morgan fingerprint density at radius 3 is 2.42 bits per heavy atom. The summed E-state index contributed by atoms with van der Waals surface area (Å²) in [5.74, 6) is 0.578. The van der Waals surface area contributed by atoms with Gasteiger partial charge in [-0.05, 0) is 31.0 Å². The zero-order chi connectivity index (χ0) is 23.2. The van der Waals surface area contributed by atoms with E-state index in [1.54, 1.807) is 23.2 Å². The zero-order valence-electron chi connectivity index (χ0n) is 17.2. The lowest BCUT2D eigenvalue weighted by molar-refractivity contribution is -0.141. The summed E-state index contributed by atoms with van der Waals surface area (Å²) in [6.45, 7) is 0.978. The number of rotatable bonds is 5. The minimum Gasteiger partial charge on any atom is -0.469 e. The Morgan fingerprint density at radius 1 is 1.06 bits per heavy atom. The van der Waals surface area contributed by atoms with Gasteiger partial charge >= 0.3 is 6.18 Å². The summed E-state index contributed by atoms with van der Waals surface area (Å²) in [6, 6.07) is 8.04. The summed E-state index contributed by atoms with van der Waals surface area (Å²) in [4.78, 5) is 17.9. The van der Waals surface area contributed by atoms with Crippen molar-refractivity contribution in [3.05, 3.63) is 59.4 Å². The highest BCUT2D eigenvalue weighted by Gasteiger charge is 2.40. The van der Waals surface area contributed by atoms with Crippen LogP contribution in [0.1, 0.15) is 18.4 Å². The van der Waals surface area contributed by atoms with Gasteiger partial charge in [0.2, 0.25) is 11.8 Å². The molecule has 10 heteroatoms. The highest BCUT2D eigenvalue weighted by molar-refractivity contribution is 6.33. The van der Waals surface area contributed by atoms with Gasteiger partial charge in [-0.2, -0.15) is 13.2 Å². The van der Waals surface area contributed by atoms with Crippen LogP contribution in [0.5, 0.6) is 5.88 Å². The van der Waals surface area contributed by atoms with Gasteiger partial charge in [0, 0.05) is 41.1 Å². The van der Waals surface area contributed by atoms with Gasteiger partial charge in [0.05, 0.1) is 23.7 Å². The first kappa shape index (κ1) is 21.6. The lowest BCUT2D eigenvalue weighted by Gasteiger charge is -2.38. The van der Waals surface area contributed by atoms with E-state index in [1.807, 2.05) is 0 Å². The van der Waals surface area contributed by atoms with Crippen LogP contribution in [0.2, 0.25) is 5.02 Å². The average molecular weight is 475 g/mol. The van der Waals surface area contributed by atoms with Crippen LogP contribution in [-0.2, 0) is 11.0 Å². The molecule has 0 atom stereocenters. The molecule has 0 spiro atoms. The number of hydrogen-bond acceptors (Lipinski definition) is 5. The lowest BCUT2D eigenvalue weighted by Crippen LogP contribution is -2.56. The molecule has 1 aromatic carbocycles. The van der Waals surface area contributed by atoms with Crippen molar-refractivity contribution < 1.29 is 22.7 Å². The van der Waals surface area contributed by atoms with Crippen molar-refractivity contribution in [1.29, 1.82) is 0 Å². The number of ether oxygens (including phenoxy) is 1. The van der Waals surface area contributed by atoms with Crippen molar-refractivity contribution in [2.24, 2.45) is 5.92 Å². The van der Waals surface area contributed by atoms with E-state index in [1.165, 1.54) is 18.3 Å². The highest BCUT2D eigenvalue weighted by atomic mass is 35.5. The van der Waals surface area contributed by atoms with Gasteiger partial charge in [0.15, 0.2) is 0 Å². The number of pyridine rings is 1. The molecule has 0 bridgehead atoms. The fraction of sp³-hybridized carbons (Fsp3) is 0.304. The summed E-state index contributed by atoms with van der Waals surface area (Å²) >= 11 is 6.34. The number of amides is 1. The van der Waals surface area contributed by atoms with E-state index in [4.69, 9.17) is 16.3 Å². The van der Waals surface area contributed by atoms with Gasteiger partial charge in [0.25, 0.3) is 0 Å². The Bertz CT molecular complexity index is 1190. The second kappa shape index (κ2) is 8.30. The van der Waals surface area contributed by atoms with Crippen LogP contribution in [0.25, 0.3) is 22.4 Å². The maximum atomic E-state index is 13.0. The van der Waals surface area contributed by atoms with Crippen LogP contribution in [0.15, 0.2) is 48.8 Å². The molecule has 1 aliphatic heterocycles. The molecule has 1 saturated heterocycles. The predicted molar refractivity (Wildman–Crippen MR) is 114 cm³/mol. The van der Waals surface area contributed by atoms with E-state index < -0.39 is 11.7 Å². The largest absolute Gasteiger partial charge is 0.469 e. The van der Waals surface area contributed by atoms with E-state index in [2.05, 4.69) is 15.2 Å². The van der Waals surface area contributed by atoms with Gasteiger partial charge in [-0.15, -0.1) is 10.2 Å². The molecule has 1 saturated carbocycles. The summed E-state index contributed by atoms with van der Waals surface area (Å²) < 4.78 is 44.8. The highest BCUT2D eigenvalue weighted by Crippen LogP contribution is 2.38. The number of halogens is 4. The van der Waals surface area contributed by atoms with Gasteiger partial charge in [0.1, 0.15) is 11.8 Å². The molecule has 0 radical (unpaired) electrons. The summed E-state index contributed by atoms with van der Waals surface area (Å²) in [5.41, 5.74) is 1.22. The average Bonchev–Trinajstić information content (AvgIpc) is 3.61. The van der Waals surface area contributed by atoms with Crippen molar-refractivity contribution >= 4 is 17.5 Å². The normalized spacial score (nSPS) is 16.4. The first-order chi connectivity index (χ1) is 15.8. The van der Waals surface area contributed by atoms with Crippen LogP contribution >= 0.6 is 11.6 Å². The maximum Gasteiger partial charge on any atom is 0.416 e. The molecule has 6 nitrogen and oxygen atoms in total.